The smallest absolute Gasteiger partial charge is 0.266 e. The summed E-state index contributed by atoms with van der Waals surface area (Å²) in [5.41, 5.74) is 3.32. The lowest BCUT2D eigenvalue weighted by Gasteiger charge is -2.13. The van der Waals surface area contributed by atoms with Gasteiger partial charge >= 0.3 is 0 Å². The largest absolute Gasteiger partial charge is 0.493 e. The first-order valence-corrected chi connectivity index (χ1v) is 9.16. The molecule has 28 heavy (non-hydrogen) atoms. The molecule has 0 aliphatic carbocycles. The van der Waals surface area contributed by atoms with Gasteiger partial charge < -0.3 is 14.8 Å². The number of aryl methyl sites for hydroxylation is 2. The lowest BCUT2D eigenvalue weighted by molar-refractivity contribution is -0.112. The molecule has 0 aromatic heterocycles. The number of nitrogens with one attached hydrogen (secondary N) is 1. The minimum Gasteiger partial charge on any atom is -0.493 e. The number of para-hydroxylation sites is 1. The lowest BCUT2D eigenvalue weighted by Crippen LogP contribution is -2.15. The highest BCUT2D eigenvalue weighted by atomic mass is 16.5. The fourth-order valence-electron chi connectivity index (χ4n) is 2.66. The zero-order valence-corrected chi connectivity index (χ0v) is 17.0. The standard InChI is InChI=1S/C23H26N2O3/c1-15(2)14-28-21-12-18(9-10-20(21)27-5)11-19(13-24)23(26)25-22-16(3)7-6-8-17(22)4/h6-12,15H,14H2,1-5H3,(H,25,26)/b19-11+. The van der Waals surface area contributed by atoms with E-state index in [0.29, 0.717) is 29.6 Å². The van der Waals surface area contributed by atoms with Crippen molar-refractivity contribution in [3.05, 3.63) is 58.7 Å². The summed E-state index contributed by atoms with van der Waals surface area (Å²) in [4.78, 5) is 12.6. The Morgan fingerprint density at radius 1 is 1.18 bits per heavy atom. The molecule has 2 aromatic rings. The number of amides is 1. The van der Waals surface area contributed by atoms with Crippen LogP contribution in [-0.2, 0) is 4.79 Å². The number of carbonyl (C=O) groups is 1. The molecule has 0 saturated heterocycles. The Bertz CT molecular complexity index is 904. The maximum atomic E-state index is 12.6. The summed E-state index contributed by atoms with van der Waals surface area (Å²) >= 11 is 0. The van der Waals surface area contributed by atoms with Crippen LogP contribution in [0, 0.1) is 31.1 Å². The molecule has 5 nitrogen and oxygen atoms in total. The van der Waals surface area contributed by atoms with Crippen LogP contribution in [0.2, 0.25) is 0 Å². The first kappa shape index (κ1) is 21.0. The van der Waals surface area contributed by atoms with Gasteiger partial charge in [-0.3, -0.25) is 4.79 Å². The van der Waals surface area contributed by atoms with Gasteiger partial charge in [0.25, 0.3) is 5.91 Å². The fourth-order valence-corrected chi connectivity index (χ4v) is 2.66. The molecule has 1 amide bonds. The SMILES string of the molecule is COc1ccc(/C=C(\C#N)C(=O)Nc2c(C)cccc2C)cc1OCC(C)C. The fraction of sp³-hybridized carbons (Fsp3) is 0.304. The van der Waals surface area contributed by atoms with Crippen molar-refractivity contribution >= 4 is 17.7 Å². The molecule has 5 heteroatoms. The first-order chi connectivity index (χ1) is 13.3. The van der Waals surface area contributed by atoms with Crippen molar-refractivity contribution in [1.82, 2.24) is 0 Å². The van der Waals surface area contributed by atoms with Gasteiger partial charge in [0.2, 0.25) is 0 Å². The van der Waals surface area contributed by atoms with E-state index in [9.17, 15) is 10.1 Å². The Morgan fingerprint density at radius 3 is 2.43 bits per heavy atom. The molecular formula is C23H26N2O3. The normalized spacial score (nSPS) is 11.1. The number of ether oxygens (including phenoxy) is 2. The molecule has 0 aliphatic rings. The lowest BCUT2D eigenvalue weighted by atomic mass is 10.1. The summed E-state index contributed by atoms with van der Waals surface area (Å²) in [6.45, 7) is 8.49. The topological polar surface area (TPSA) is 71.3 Å². The number of carbonyl (C=O) groups excluding carboxylic acids is 1. The van der Waals surface area contributed by atoms with E-state index >= 15 is 0 Å². The van der Waals surface area contributed by atoms with Crippen molar-refractivity contribution in [1.29, 1.82) is 5.26 Å². The van der Waals surface area contributed by atoms with Gasteiger partial charge in [-0.2, -0.15) is 5.26 Å². The van der Waals surface area contributed by atoms with Crippen LogP contribution in [0.15, 0.2) is 42.0 Å². The minimum absolute atomic E-state index is 0.0163. The number of rotatable bonds is 7. The predicted molar refractivity (Wildman–Crippen MR) is 111 cm³/mol. The molecule has 0 radical (unpaired) electrons. The van der Waals surface area contributed by atoms with Gasteiger partial charge in [-0.05, 0) is 54.7 Å². The Morgan fingerprint density at radius 2 is 1.86 bits per heavy atom. The van der Waals surface area contributed by atoms with E-state index in [1.807, 2.05) is 38.1 Å². The van der Waals surface area contributed by atoms with E-state index in [4.69, 9.17) is 9.47 Å². The molecule has 0 saturated carbocycles. The van der Waals surface area contributed by atoms with Crippen molar-refractivity contribution < 1.29 is 14.3 Å². The van der Waals surface area contributed by atoms with Crippen LogP contribution in [0.4, 0.5) is 5.69 Å². The van der Waals surface area contributed by atoms with Gasteiger partial charge in [0, 0.05) is 5.69 Å². The number of nitriles is 1. The van der Waals surface area contributed by atoms with E-state index < -0.39 is 5.91 Å². The first-order valence-electron chi connectivity index (χ1n) is 9.16. The molecule has 146 valence electrons. The molecule has 0 heterocycles. The van der Waals surface area contributed by atoms with Crippen LogP contribution in [0.1, 0.15) is 30.5 Å². The summed E-state index contributed by atoms with van der Waals surface area (Å²) in [6.07, 6.45) is 1.55. The molecule has 0 fully saturated rings. The molecule has 0 bridgehead atoms. The minimum atomic E-state index is -0.444. The third kappa shape index (κ3) is 5.37. The van der Waals surface area contributed by atoms with Crippen molar-refractivity contribution in [2.45, 2.75) is 27.7 Å². The van der Waals surface area contributed by atoms with Gasteiger partial charge in [0.1, 0.15) is 11.6 Å². The zero-order chi connectivity index (χ0) is 20.7. The van der Waals surface area contributed by atoms with Gasteiger partial charge in [0.05, 0.1) is 13.7 Å². The average molecular weight is 378 g/mol. The van der Waals surface area contributed by atoms with Crippen LogP contribution in [0.3, 0.4) is 0 Å². The number of anilines is 1. The Hall–Kier alpha value is -3.26. The molecule has 2 aromatic carbocycles. The Kier molecular flexibility index (Phi) is 7.22. The number of methoxy groups -OCH3 is 1. The second kappa shape index (κ2) is 9.61. The van der Waals surface area contributed by atoms with E-state index in [1.165, 1.54) is 0 Å². The Labute approximate surface area is 166 Å². The number of hydrogen-bond donors (Lipinski definition) is 1. The summed E-state index contributed by atoms with van der Waals surface area (Å²) in [6, 6.07) is 13.1. The second-order valence-electron chi connectivity index (χ2n) is 7.01. The highest BCUT2D eigenvalue weighted by Crippen LogP contribution is 2.29. The zero-order valence-electron chi connectivity index (χ0n) is 17.0. The molecule has 2 rings (SSSR count). The van der Waals surface area contributed by atoms with Crippen LogP contribution in [0.5, 0.6) is 11.5 Å². The number of hydrogen-bond acceptors (Lipinski definition) is 4. The summed E-state index contributed by atoms with van der Waals surface area (Å²) in [5, 5.41) is 12.3. The molecule has 0 atom stereocenters. The average Bonchev–Trinajstić information content (AvgIpc) is 2.67. The highest BCUT2D eigenvalue weighted by molar-refractivity contribution is 6.10. The highest BCUT2D eigenvalue weighted by Gasteiger charge is 2.13. The number of benzene rings is 2. The predicted octanol–water partition coefficient (Wildman–Crippen LogP) is 4.89. The summed E-state index contributed by atoms with van der Waals surface area (Å²) in [7, 11) is 1.58. The quantitative estimate of drug-likeness (QED) is 0.550. The molecule has 0 unspecified atom stereocenters. The van der Waals surface area contributed by atoms with Crippen molar-refractivity contribution in [2.75, 3.05) is 19.0 Å². The summed E-state index contributed by atoms with van der Waals surface area (Å²) < 4.78 is 11.1. The van der Waals surface area contributed by atoms with Crippen molar-refractivity contribution in [2.24, 2.45) is 5.92 Å². The van der Waals surface area contributed by atoms with Crippen LogP contribution < -0.4 is 14.8 Å². The second-order valence-corrected chi connectivity index (χ2v) is 7.01. The van der Waals surface area contributed by atoms with Gasteiger partial charge in [0.15, 0.2) is 11.5 Å². The molecule has 0 aliphatic heterocycles. The van der Waals surface area contributed by atoms with Crippen LogP contribution in [0.25, 0.3) is 6.08 Å². The van der Waals surface area contributed by atoms with Gasteiger partial charge in [-0.1, -0.05) is 38.1 Å². The van der Waals surface area contributed by atoms with Crippen LogP contribution >= 0.6 is 0 Å². The maximum absolute atomic E-state index is 12.6. The van der Waals surface area contributed by atoms with Crippen LogP contribution in [-0.4, -0.2) is 19.6 Å². The van der Waals surface area contributed by atoms with E-state index in [-0.39, 0.29) is 5.57 Å². The third-order valence-corrected chi connectivity index (χ3v) is 4.16. The van der Waals surface area contributed by atoms with Crippen molar-refractivity contribution in [3.63, 3.8) is 0 Å². The molecule has 1 N–H and O–H groups in total. The van der Waals surface area contributed by atoms with E-state index in [2.05, 4.69) is 19.2 Å². The number of nitrogens with zero attached hydrogens (tertiary/aromatic N) is 1. The maximum Gasteiger partial charge on any atom is 0.266 e. The van der Waals surface area contributed by atoms with E-state index in [1.54, 1.807) is 31.4 Å². The van der Waals surface area contributed by atoms with Gasteiger partial charge in [-0.15, -0.1) is 0 Å². The third-order valence-electron chi connectivity index (χ3n) is 4.16. The molecular weight excluding hydrogens is 352 g/mol. The Balaban J connectivity index is 2.29. The summed E-state index contributed by atoms with van der Waals surface area (Å²) in [5.74, 6) is 1.11. The van der Waals surface area contributed by atoms with Crippen molar-refractivity contribution in [3.8, 4) is 17.6 Å². The molecule has 0 spiro atoms. The van der Waals surface area contributed by atoms with E-state index in [0.717, 1.165) is 16.8 Å². The monoisotopic (exact) mass is 378 g/mol. The van der Waals surface area contributed by atoms with Gasteiger partial charge in [-0.25, -0.2) is 0 Å².